The van der Waals surface area contributed by atoms with E-state index in [1.807, 2.05) is 0 Å². The molecule has 0 aliphatic heterocycles. The average molecular weight is 455 g/mol. The van der Waals surface area contributed by atoms with Crippen molar-refractivity contribution >= 4 is 46.4 Å². The molecule has 0 saturated heterocycles. The summed E-state index contributed by atoms with van der Waals surface area (Å²) < 4.78 is 0. The average Bonchev–Trinajstić information content (AvgIpc) is 2.72. The van der Waals surface area contributed by atoms with Crippen LogP contribution in [0.4, 0.5) is 5.69 Å². The molecule has 0 aromatic carbocycles. The van der Waals surface area contributed by atoms with Gasteiger partial charge in [0.15, 0.2) is 0 Å². The monoisotopic (exact) mass is 454 g/mol. The molecule has 5 heteroatoms. The van der Waals surface area contributed by atoms with Crippen molar-refractivity contribution in [2.45, 2.75) is 108 Å². The zero-order chi connectivity index (χ0) is 21.5. The van der Waals surface area contributed by atoms with Crippen LogP contribution in [-0.4, -0.2) is 22.5 Å². The van der Waals surface area contributed by atoms with Gasteiger partial charge in [0, 0.05) is 16.5 Å². The first-order valence-corrected chi connectivity index (χ1v) is 14.3. The molecule has 0 spiro atoms. The fourth-order valence-corrected chi connectivity index (χ4v) is 5.30. The van der Waals surface area contributed by atoms with E-state index in [0.717, 1.165) is 21.4 Å². The number of nitrogens with zero attached hydrogens (tertiary/aromatic N) is 1. The Hall–Kier alpha value is -0.260. The fourth-order valence-electron chi connectivity index (χ4n) is 3.66. The smallest absolute Gasteiger partial charge is 0.121 e. The molecule has 166 valence electrons. The molecule has 0 bridgehead atoms. The summed E-state index contributed by atoms with van der Waals surface area (Å²) in [5.74, 6) is 0.485. The Balaban J connectivity index is 2.76. The largest absolute Gasteiger partial charge is 0.347 e. The van der Waals surface area contributed by atoms with Gasteiger partial charge in [-0.1, -0.05) is 90.3 Å². The number of pyridine rings is 1. The summed E-state index contributed by atoms with van der Waals surface area (Å²) in [6.45, 7) is 6.62. The van der Waals surface area contributed by atoms with Gasteiger partial charge in [-0.2, -0.15) is 0 Å². The van der Waals surface area contributed by atoms with Gasteiger partial charge in [0.05, 0.1) is 10.7 Å². The number of aryl methyl sites for hydroxylation is 1. The summed E-state index contributed by atoms with van der Waals surface area (Å²) in [7, 11) is 0. The molecule has 1 aromatic heterocycles. The van der Waals surface area contributed by atoms with E-state index in [0.29, 0.717) is 5.92 Å². The highest BCUT2D eigenvalue weighted by Crippen LogP contribution is 2.34. The van der Waals surface area contributed by atoms with Crippen LogP contribution in [0, 0.1) is 12.8 Å². The van der Waals surface area contributed by atoms with Crippen LogP contribution in [0.25, 0.3) is 0 Å². The molecular formula is C24H42N2S3. The molecular weight excluding hydrogens is 412 g/mol. The highest BCUT2D eigenvalue weighted by atomic mass is 32.2. The topological polar surface area (TPSA) is 24.9 Å². The molecule has 2 nitrogen and oxygen atoms in total. The third-order valence-electron chi connectivity index (χ3n) is 5.42. The van der Waals surface area contributed by atoms with E-state index in [1.165, 1.54) is 81.9 Å². The van der Waals surface area contributed by atoms with Crippen LogP contribution in [0.3, 0.4) is 0 Å². The first kappa shape index (κ1) is 26.8. The Morgan fingerprint density at radius 1 is 0.931 bits per heavy atom. The van der Waals surface area contributed by atoms with Crippen LogP contribution in [0.5, 0.6) is 0 Å². The molecule has 0 saturated carbocycles. The van der Waals surface area contributed by atoms with E-state index in [2.05, 4.69) is 44.7 Å². The van der Waals surface area contributed by atoms with Gasteiger partial charge in [-0.3, -0.25) is 0 Å². The van der Waals surface area contributed by atoms with E-state index in [-0.39, 0.29) is 0 Å². The minimum Gasteiger partial charge on any atom is -0.347 e. The summed E-state index contributed by atoms with van der Waals surface area (Å²) >= 11 is 9.42. The van der Waals surface area contributed by atoms with E-state index in [9.17, 15) is 0 Å². The molecule has 0 radical (unpaired) electrons. The summed E-state index contributed by atoms with van der Waals surface area (Å²) in [5, 5.41) is 4.69. The minimum atomic E-state index is 0.485. The molecule has 0 unspecified atom stereocenters. The van der Waals surface area contributed by atoms with Crippen LogP contribution in [-0.2, 0) is 0 Å². The van der Waals surface area contributed by atoms with Gasteiger partial charge in [-0.25, -0.2) is 4.98 Å². The maximum absolute atomic E-state index is 5.95. The van der Waals surface area contributed by atoms with Crippen molar-refractivity contribution < 1.29 is 0 Å². The Morgan fingerprint density at radius 3 is 2.03 bits per heavy atom. The molecule has 0 fully saturated rings. The number of rotatable bonds is 16. The van der Waals surface area contributed by atoms with Crippen molar-refractivity contribution in [2.24, 2.45) is 5.92 Å². The molecule has 0 aliphatic rings. The van der Waals surface area contributed by atoms with Crippen molar-refractivity contribution in [2.75, 3.05) is 17.8 Å². The summed E-state index contributed by atoms with van der Waals surface area (Å²) in [6.07, 6.45) is 19.9. The third kappa shape index (κ3) is 10.5. The maximum Gasteiger partial charge on any atom is 0.121 e. The molecule has 0 aliphatic carbocycles. The van der Waals surface area contributed by atoms with Gasteiger partial charge in [-0.05, 0) is 38.3 Å². The van der Waals surface area contributed by atoms with Crippen LogP contribution >= 0.6 is 35.7 Å². The van der Waals surface area contributed by atoms with Crippen molar-refractivity contribution in [1.82, 2.24) is 4.98 Å². The lowest BCUT2D eigenvalue weighted by Crippen LogP contribution is -2.22. The van der Waals surface area contributed by atoms with Gasteiger partial charge in [-0.15, -0.1) is 23.5 Å². The van der Waals surface area contributed by atoms with Gasteiger partial charge >= 0.3 is 0 Å². The summed E-state index contributed by atoms with van der Waals surface area (Å²) in [6, 6.07) is 2.17. The van der Waals surface area contributed by atoms with Crippen LogP contribution in [0.2, 0.25) is 0 Å². The predicted molar refractivity (Wildman–Crippen MR) is 139 cm³/mol. The fraction of sp³-hybridized carbons (Fsp3) is 0.750. The number of unbranched alkanes of at least 4 members (excludes halogenated alkanes) is 8. The molecule has 1 N–H and O–H groups in total. The summed E-state index contributed by atoms with van der Waals surface area (Å²) in [5.41, 5.74) is 2.18. The van der Waals surface area contributed by atoms with Gasteiger partial charge in [0.25, 0.3) is 0 Å². The van der Waals surface area contributed by atoms with Crippen molar-refractivity contribution in [3.63, 3.8) is 0 Å². The highest BCUT2D eigenvalue weighted by Gasteiger charge is 2.18. The van der Waals surface area contributed by atoms with Gasteiger partial charge in [0.2, 0.25) is 0 Å². The van der Waals surface area contributed by atoms with E-state index in [4.69, 9.17) is 17.2 Å². The second kappa shape index (κ2) is 16.4. The predicted octanol–water partition coefficient (Wildman–Crippen LogP) is 8.91. The molecule has 1 atom stereocenters. The third-order valence-corrected chi connectivity index (χ3v) is 7.30. The van der Waals surface area contributed by atoms with E-state index in [1.54, 1.807) is 23.5 Å². The van der Waals surface area contributed by atoms with Crippen molar-refractivity contribution in [3.8, 4) is 0 Å². The number of thiocarbonyl (C=S) groups is 1. The van der Waals surface area contributed by atoms with Crippen molar-refractivity contribution in [3.05, 3.63) is 11.8 Å². The lowest BCUT2D eigenvalue weighted by atomic mass is 9.94. The second-order valence-electron chi connectivity index (χ2n) is 7.94. The molecule has 1 rings (SSSR count). The first-order valence-electron chi connectivity index (χ1n) is 11.5. The lowest BCUT2D eigenvalue weighted by Gasteiger charge is -2.22. The number of anilines is 1. The van der Waals surface area contributed by atoms with Gasteiger partial charge < -0.3 is 5.32 Å². The number of hydrogen-bond donors (Lipinski definition) is 1. The number of nitrogens with one attached hydrogen (secondary N) is 1. The second-order valence-corrected chi connectivity index (χ2v) is 10.0. The zero-order valence-electron chi connectivity index (χ0n) is 19.3. The Labute approximate surface area is 194 Å². The highest BCUT2D eigenvalue weighted by molar-refractivity contribution is 7.99. The molecule has 1 heterocycles. The van der Waals surface area contributed by atoms with Crippen LogP contribution in [0.1, 0.15) is 96.6 Å². The summed E-state index contributed by atoms with van der Waals surface area (Å²) in [4.78, 5) is 6.99. The standard InChI is InChI=1S/C24H42N2S3/c1-6-8-10-12-13-15-17-20(16-14-11-9-7-2)23(27)26-22-21(28-4)18-19(3)25-24(22)29-5/h18,20H,6-17H2,1-5H3,(H,26,27)/t20-/m1/s1. The number of aromatic nitrogens is 1. The molecule has 29 heavy (non-hydrogen) atoms. The maximum atomic E-state index is 5.95. The zero-order valence-corrected chi connectivity index (χ0v) is 21.8. The van der Waals surface area contributed by atoms with Gasteiger partial charge in [0.1, 0.15) is 5.03 Å². The van der Waals surface area contributed by atoms with E-state index < -0.39 is 0 Å². The SMILES string of the molecule is CCCCCCCC[C@@H](CCCCCC)C(=S)Nc1c(SC)cc(C)nc1SC. The Morgan fingerprint density at radius 2 is 1.48 bits per heavy atom. The van der Waals surface area contributed by atoms with Crippen LogP contribution < -0.4 is 5.32 Å². The quantitative estimate of drug-likeness (QED) is 0.153. The Kier molecular flexibility index (Phi) is 15.2. The Bertz CT molecular complexity index is 564. The number of thioether (sulfide) groups is 2. The van der Waals surface area contributed by atoms with Crippen molar-refractivity contribution in [1.29, 1.82) is 0 Å². The molecule has 0 amide bonds. The number of hydrogen-bond acceptors (Lipinski definition) is 4. The first-order chi connectivity index (χ1) is 14.1. The normalized spacial score (nSPS) is 12.2. The lowest BCUT2D eigenvalue weighted by molar-refractivity contribution is 0.491. The van der Waals surface area contributed by atoms with E-state index >= 15 is 0 Å². The van der Waals surface area contributed by atoms with Crippen LogP contribution in [0.15, 0.2) is 16.0 Å². The minimum absolute atomic E-state index is 0.485. The molecule has 1 aromatic rings.